The molecule has 3 aliphatic rings. The van der Waals surface area contributed by atoms with E-state index >= 15 is 0 Å². The van der Waals surface area contributed by atoms with E-state index in [2.05, 4.69) is 12.6 Å². The monoisotopic (exact) mass is 597 g/mol. The van der Waals surface area contributed by atoms with E-state index in [1.165, 1.54) is 28.8 Å². The largest absolute Gasteiger partial charge is 0.497 e. The summed E-state index contributed by atoms with van der Waals surface area (Å²) < 4.78 is 5.17. The quantitative estimate of drug-likeness (QED) is 0.131. The van der Waals surface area contributed by atoms with Crippen LogP contribution in [-0.4, -0.2) is 74.4 Å². The molecule has 2 saturated heterocycles. The summed E-state index contributed by atoms with van der Waals surface area (Å²) in [6.07, 6.45) is 0.432. The molecule has 41 heavy (non-hydrogen) atoms. The Labute approximate surface area is 247 Å². The first kappa shape index (κ1) is 29.3. The van der Waals surface area contributed by atoms with Crippen molar-refractivity contribution in [2.75, 3.05) is 26.7 Å². The smallest absolute Gasteiger partial charge is 0.269 e. The highest BCUT2D eigenvalue weighted by molar-refractivity contribution is 8.05. The number of nitro benzene ring substituents is 1. The van der Waals surface area contributed by atoms with Gasteiger partial charge in [-0.2, -0.15) is 0 Å². The van der Waals surface area contributed by atoms with Crippen molar-refractivity contribution in [3.05, 3.63) is 80.4 Å². The van der Waals surface area contributed by atoms with Gasteiger partial charge in [0, 0.05) is 41.5 Å². The van der Waals surface area contributed by atoms with Crippen molar-refractivity contribution in [3.63, 3.8) is 0 Å². The minimum Gasteiger partial charge on any atom is -0.497 e. The molecule has 0 bridgehead atoms. The maximum atomic E-state index is 13.4. The third-order valence-electron chi connectivity index (χ3n) is 8.13. The van der Waals surface area contributed by atoms with Gasteiger partial charge in [0.15, 0.2) is 5.78 Å². The lowest BCUT2D eigenvalue weighted by atomic mass is 9.77. The van der Waals surface area contributed by atoms with Crippen molar-refractivity contribution in [2.45, 2.75) is 37.2 Å². The number of rotatable bonds is 11. The maximum absolute atomic E-state index is 13.4. The number of hydrogen-bond acceptors (Lipinski definition) is 9. The van der Waals surface area contributed by atoms with Crippen LogP contribution in [0.1, 0.15) is 35.7 Å². The number of hydrogen-bond donors (Lipinski definition) is 2. The van der Waals surface area contributed by atoms with Crippen LogP contribution in [0.2, 0.25) is 0 Å². The molecule has 0 aromatic heterocycles. The van der Waals surface area contributed by atoms with Gasteiger partial charge in [0.2, 0.25) is 11.0 Å². The van der Waals surface area contributed by atoms with Crippen LogP contribution in [0.4, 0.5) is 5.69 Å². The van der Waals surface area contributed by atoms with Crippen LogP contribution >= 0.6 is 24.4 Å². The van der Waals surface area contributed by atoms with Gasteiger partial charge in [-0.25, -0.2) is 0 Å². The average Bonchev–Trinajstić information content (AvgIpc) is 3.53. The Hall–Kier alpha value is -3.19. The van der Waals surface area contributed by atoms with E-state index in [1.807, 2.05) is 4.90 Å². The standard InChI is InChI=1S/C29H31N3O7S2/c1-3-22(33)24-27(35)31-25(28(36)40)26(41-29(24,31)14-17-4-8-20(9-5-17)32(37)38)19-12-13-30(15-19)16-23(34)18-6-10-21(39-2)11-7-18/h4-11,19,22,24,33H,3,12-16H2,1-2H3,(H,36,40)/t19-,22-,24+,29+/m0/s1. The zero-order valence-electron chi connectivity index (χ0n) is 22.7. The van der Waals surface area contributed by atoms with E-state index in [4.69, 9.17) is 4.74 Å². The molecule has 0 saturated carbocycles. The Kier molecular flexibility index (Phi) is 8.29. The number of thioether (sulfide) groups is 1. The number of fused-ring (bicyclic) bond motifs is 1. The van der Waals surface area contributed by atoms with Crippen LogP contribution in [0.15, 0.2) is 59.1 Å². The van der Waals surface area contributed by atoms with E-state index in [9.17, 15) is 29.6 Å². The van der Waals surface area contributed by atoms with Gasteiger partial charge >= 0.3 is 0 Å². The van der Waals surface area contributed by atoms with Gasteiger partial charge < -0.3 is 9.84 Å². The van der Waals surface area contributed by atoms with Crippen LogP contribution in [-0.2, 0) is 16.0 Å². The van der Waals surface area contributed by atoms with E-state index in [-0.39, 0.29) is 35.5 Å². The van der Waals surface area contributed by atoms with Gasteiger partial charge in [-0.15, -0.1) is 0 Å². The van der Waals surface area contributed by atoms with E-state index in [0.29, 0.717) is 43.7 Å². The van der Waals surface area contributed by atoms with Crippen molar-refractivity contribution in [3.8, 4) is 5.75 Å². The average molecular weight is 598 g/mol. The summed E-state index contributed by atoms with van der Waals surface area (Å²) >= 11 is 5.57. The molecule has 0 spiro atoms. The number of ketones is 1. The summed E-state index contributed by atoms with van der Waals surface area (Å²) in [6, 6.07) is 13.1. The van der Waals surface area contributed by atoms with Crippen LogP contribution in [0.5, 0.6) is 5.75 Å². The first-order valence-electron chi connectivity index (χ1n) is 13.4. The molecule has 10 nitrogen and oxygen atoms in total. The second-order valence-electron chi connectivity index (χ2n) is 10.6. The highest BCUT2D eigenvalue weighted by Crippen LogP contribution is 2.62. The number of benzene rings is 2. The lowest BCUT2D eigenvalue weighted by Gasteiger charge is -2.55. The fourth-order valence-corrected chi connectivity index (χ4v) is 8.26. The highest BCUT2D eigenvalue weighted by atomic mass is 32.2. The number of carbonyl (C=O) groups is 3. The second kappa shape index (κ2) is 11.6. The summed E-state index contributed by atoms with van der Waals surface area (Å²) in [5, 5.41) is 21.5. The molecule has 2 aromatic rings. The molecule has 2 aromatic carbocycles. The Morgan fingerprint density at radius 2 is 1.90 bits per heavy atom. The number of aliphatic hydroxyl groups excluding tert-OH is 1. The summed E-state index contributed by atoms with van der Waals surface area (Å²) in [6.45, 7) is 3.20. The summed E-state index contributed by atoms with van der Waals surface area (Å²) in [5.41, 5.74) is 1.53. The number of non-ortho nitro benzene ring substituents is 1. The maximum Gasteiger partial charge on any atom is 0.269 e. The summed E-state index contributed by atoms with van der Waals surface area (Å²) in [7, 11) is 1.57. The number of thiol groups is 1. The predicted molar refractivity (Wildman–Crippen MR) is 157 cm³/mol. The van der Waals surface area contributed by atoms with Gasteiger partial charge in [0.1, 0.15) is 16.3 Å². The van der Waals surface area contributed by atoms with Crippen molar-refractivity contribution in [2.24, 2.45) is 11.8 Å². The molecular weight excluding hydrogens is 566 g/mol. The number of nitro groups is 1. The molecule has 0 aliphatic carbocycles. The molecule has 0 radical (unpaired) electrons. The fourth-order valence-electron chi connectivity index (χ4n) is 6.04. The lowest BCUT2D eigenvalue weighted by Crippen LogP contribution is -2.71. The van der Waals surface area contributed by atoms with Crippen LogP contribution in [0.25, 0.3) is 0 Å². The highest BCUT2D eigenvalue weighted by Gasteiger charge is 2.68. The van der Waals surface area contributed by atoms with Crippen LogP contribution in [0.3, 0.4) is 0 Å². The number of β-lactam (4-membered cyclic amide) rings is 1. The molecular formula is C29H31N3O7S2. The Balaban J connectivity index is 1.39. The first-order valence-corrected chi connectivity index (χ1v) is 14.7. The first-order chi connectivity index (χ1) is 19.6. The second-order valence-corrected chi connectivity index (χ2v) is 12.3. The van der Waals surface area contributed by atoms with Gasteiger partial charge in [0.25, 0.3) is 5.69 Å². The number of methoxy groups -OCH3 is 1. The van der Waals surface area contributed by atoms with Gasteiger partial charge in [0.05, 0.1) is 30.6 Å². The Bertz CT molecular complexity index is 1410. The number of amides is 1. The van der Waals surface area contributed by atoms with Gasteiger partial charge in [-0.05, 0) is 49.2 Å². The number of Topliss-reactive ketones (excluding diaryl/α,β-unsaturated/α-hetero) is 1. The Morgan fingerprint density at radius 1 is 1.22 bits per heavy atom. The van der Waals surface area contributed by atoms with Gasteiger partial charge in [-0.1, -0.05) is 43.4 Å². The molecule has 3 aliphatic heterocycles. The van der Waals surface area contributed by atoms with Crippen molar-refractivity contribution >= 4 is 46.9 Å². The molecule has 0 unspecified atom stereocenters. The van der Waals surface area contributed by atoms with Crippen molar-refractivity contribution in [1.29, 1.82) is 0 Å². The fraction of sp³-hybridized carbons (Fsp3) is 0.414. The number of carbonyl (C=O) groups excluding carboxylic acids is 3. The molecule has 4 atom stereocenters. The number of aliphatic hydroxyl groups is 1. The van der Waals surface area contributed by atoms with Crippen molar-refractivity contribution in [1.82, 2.24) is 9.80 Å². The number of likely N-dealkylation sites (tertiary alicyclic amines) is 1. The molecule has 3 heterocycles. The third kappa shape index (κ3) is 5.29. The normalized spacial score (nSPS) is 24.7. The topological polar surface area (TPSA) is 130 Å². The lowest BCUT2D eigenvalue weighted by molar-refractivity contribution is -0.384. The zero-order valence-corrected chi connectivity index (χ0v) is 24.4. The molecule has 216 valence electrons. The Morgan fingerprint density at radius 3 is 2.49 bits per heavy atom. The predicted octanol–water partition coefficient (Wildman–Crippen LogP) is 3.69. The molecule has 5 rings (SSSR count). The van der Waals surface area contributed by atoms with E-state index in [1.54, 1.807) is 50.4 Å². The number of ether oxygens (including phenoxy) is 1. The van der Waals surface area contributed by atoms with E-state index < -0.39 is 26.9 Å². The third-order valence-corrected chi connectivity index (χ3v) is 10.0. The summed E-state index contributed by atoms with van der Waals surface area (Å²) in [4.78, 5) is 53.3. The van der Waals surface area contributed by atoms with Crippen LogP contribution < -0.4 is 4.74 Å². The molecule has 12 heteroatoms. The minimum atomic E-state index is -0.946. The molecule has 1 N–H and O–H groups in total. The zero-order chi connectivity index (χ0) is 29.5. The van der Waals surface area contributed by atoms with Crippen LogP contribution in [0, 0.1) is 22.0 Å². The van der Waals surface area contributed by atoms with E-state index in [0.717, 1.165) is 10.5 Å². The minimum absolute atomic E-state index is 0.0216. The molecule has 1 amide bonds. The number of nitrogens with zero attached hydrogens (tertiary/aromatic N) is 3. The van der Waals surface area contributed by atoms with Gasteiger partial charge in [-0.3, -0.25) is 34.3 Å². The molecule has 2 fully saturated rings. The summed E-state index contributed by atoms with van der Waals surface area (Å²) in [5.74, 6) is -0.522. The SMILES string of the molecule is CC[C@H](O)[C@@H]1C(=O)N2C(C(=O)S)=C([C@H]3CCN(CC(=O)c4ccc(OC)cc4)C3)S[C@]12Cc1ccc([N+](=O)[O-])cc1. The van der Waals surface area contributed by atoms with Crippen molar-refractivity contribution < 1.29 is 29.2 Å².